The van der Waals surface area contributed by atoms with Gasteiger partial charge < -0.3 is 10.2 Å². The molecule has 2 aromatic heterocycles. The van der Waals surface area contributed by atoms with Gasteiger partial charge in [-0.3, -0.25) is 4.40 Å². The molecule has 2 N–H and O–H groups in total. The summed E-state index contributed by atoms with van der Waals surface area (Å²) in [4.78, 5) is 4.16. The van der Waals surface area contributed by atoms with Crippen LogP contribution in [0.3, 0.4) is 0 Å². The SMILES string of the molecule is OCC(O)CSc1cccc2nccn12. The quantitative estimate of drug-likeness (QED) is 0.753. The lowest BCUT2D eigenvalue weighted by molar-refractivity contribution is 0.113. The molecule has 0 fully saturated rings. The predicted molar refractivity (Wildman–Crippen MR) is 59.0 cm³/mol. The molecule has 0 amide bonds. The molecule has 15 heavy (non-hydrogen) atoms. The Morgan fingerprint density at radius 1 is 1.47 bits per heavy atom. The number of pyridine rings is 1. The number of fused-ring (bicyclic) bond motifs is 1. The van der Waals surface area contributed by atoms with Crippen LogP contribution in [-0.2, 0) is 0 Å². The second kappa shape index (κ2) is 4.65. The van der Waals surface area contributed by atoms with Gasteiger partial charge in [0.2, 0.25) is 0 Å². The van der Waals surface area contributed by atoms with Crippen molar-refractivity contribution in [3.05, 3.63) is 30.6 Å². The zero-order chi connectivity index (χ0) is 10.7. The Hall–Kier alpha value is -1.04. The highest BCUT2D eigenvalue weighted by Gasteiger charge is 2.05. The minimum absolute atomic E-state index is 0.201. The Morgan fingerprint density at radius 2 is 2.33 bits per heavy atom. The lowest BCUT2D eigenvalue weighted by Crippen LogP contribution is -2.14. The summed E-state index contributed by atoms with van der Waals surface area (Å²) in [6.07, 6.45) is 2.94. The largest absolute Gasteiger partial charge is 0.394 e. The van der Waals surface area contributed by atoms with Crippen LogP contribution in [0.2, 0.25) is 0 Å². The normalized spacial score (nSPS) is 13.2. The van der Waals surface area contributed by atoms with Gasteiger partial charge in [0, 0.05) is 18.1 Å². The molecule has 0 saturated heterocycles. The topological polar surface area (TPSA) is 57.8 Å². The van der Waals surface area contributed by atoms with Crippen molar-refractivity contribution in [2.45, 2.75) is 11.1 Å². The van der Waals surface area contributed by atoms with E-state index >= 15 is 0 Å². The van der Waals surface area contributed by atoms with Crippen LogP contribution in [0.5, 0.6) is 0 Å². The van der Waals surface area contributed by atoms with Crippen molar-refractivity contribution < 1.29 is 10.2 Å². The Kier molecular flexibility index (Phi) is 3.25. The monoisotopic (exact) mass is 224 g/mol. The van der Waals surface area contributed by atoms with E-state index in [1.807, 2.05) is 28.8 Å². The number of rotatable bonds is 4. The van der Waals surface area contributed by atoms with E-state index in [-0.39, 0.29) is 6.61 Å². The number of aliphatic hydroxyl groups excluding tert-OH is 2. The molecule has 0 spiro atoms. The zero-order valence-electron chi connectivity index (χ0n) is 8.08. The van der Waals surface area contributed by atoms with Crippen LogP contribution in [0.1, 0.15) is 0 Å². The molecule has 0 bridgehead atoms. The molecule has 0 radical (unpaired) electrons. The van der Waals surface area contributed by atoms with Gasteiger partial charge in [0.15, 0.2) is 0 Å². The van der Waals surface area contributed by atoms with Gasteiger partial charge in [0.1, 0.15) is 5.65 Å². The van der Waals surface area contributed by atoms with Crippen LogP contribution in [0.25, 0.3) is 5.65 Å². The number of aromatic nitrogens is 2. The van der Waals surface area contributed by atoms with E-state index < -0.39 is 6.10 Å². The molecule has 5 heteroatoms. The highest BCUT2D eigenvalue weighted by atomic mass is 32.2. The predicted octanol–water partition coefficient (Wildman–Crippen LogP) is 0.780. The maximum atomic E-state index is 9.25. The minimum Gasteiger partial charge on any atom is -0.394 e. The van der Waals surface area contributed by atoms with Crippen LogP contribution in [0.4, 0.5) is 0 Å². The van der Waals surface area contributed by atoms with Crippen molar-refractivity contribution in [1.82, 2.24) is 9.38 Å². The summed E-state index contributed by atoms with van der Waals surface area (Å²) in [7, 11) is 0. The molecule has 80 valence electrons. The van der Waals surface area contributed by atoms with Gasteiger partial charge in [-0.15, -0.1) is 11.8 Å². The Bertz CT molecular complexity index is 444. The first-order valence-corrected chi connectivity index (χ1v) is 5.63. The molecular formula is C10H12N2O2S. The summed E-state index contributed by atoms with van der Waals surface area (Å²) in [6, 6.07) is 5.81. The third-order valence-corrected chi connectivity index (χ3v) is 3.21. The van der Waals surface area contributed by atoms with Gasteiger partial charge in [0.05, 0.1) is 17.7 Å². The lowest BCUT2D eigenvalue weighted by atomic mass is 10.4. The van der Waals surface area contributed by atoms with E-state index in [0.717, 1.165) is 10.7 Å². The maximum Gasteiger partial charge on any atom is 0.137 e. The molecule has 0 aromatic carbocycles. The number of thioether (sulfide) groups is 1. The highest BCUT2D eigenvalue weighted by Crippen LogP contribution is 2.19. The number of imidazole rings is 1. The molecule has 2 rings (SSSR count). The number of hydrogen-bond donors (Lipinski definition) is 2. The Morgan fingerprint density at radius 3 is 3.13 bits per heavy atom. The van der Waals surface area contributed by atoms with E-state index in [1.54, 1.807) is 6.20 Å². The van der Waals surface area contributed by atoms with Gasteiger partial charge in [0.25, 0.3) is 0 Å². The van der Waals surface area contributed by atoms with Gasteiger partial charge >= 0.3 is 0 Å². The zero-order valence-corrected chi connectivity index (χ0v) is 8.89. The molecule has 0 saturated carbocycles. The minimum atomic E-state index is -0.672. The van der Waals surface area contributed by atoms with Crippen molar-refractivity contribution in [2.75, 3.05) is 12.4 Å². The Labute approximate surface area is 91.6 Å². The van der Waals surface area contributed by atoms with Gasteiger partial charge in [-0.25, -0.2) is 4.98 Å². The van der Waals surface area contributed by atoms with E-state index in [4.69, 9.17) is 5.11 Å². The molecule has 4 nitrogen and oxygen atoms in total. The second-order valence-corrected chi connectivity index (χ2v) is 4.21. The van der Waals surface area contributed by atoms with Crippen LogP contribution < -0.4 is 0 Å². The van der Waals surface area contributed by atoms with Crippen molar-refractivity contribution in [3.8, 4) is 0 Å². The van der Waals surface area contributed by atoms with Crippen LogP contribution in [0, 0.1) is 0 Å². The van der Waals surface area contributed by atoms with Gasteiger partial charge in [-0.05, 0) is 12.1 Å². The van der Waals surface area contributed by atoms with Crippen molar-refractivity contribution in [1.29, 1.82) is 0 Å². The second-order valence-electron chi connectivity index (χ2n) is 3.17. The summed E-state index contributed by atoms with van der Waals surface area (Å²) >= 11 is 1.50. The van der Waals surface area contributed by atoms with Crippen molar-refractivity contribution >= 4 is 17.4 Å². The maximum absolute atomic E-state index is 9.25. The fourth-order valence-corrected chi connectivity index (χ4v) is 2.21. The molecular weight excluding hydrogens is 212 g/mol. The van der Waals surface area contributed by atoms with E-state index in [2.05, 4.69) is 4.98 Å². The highest BCUT2D eigenvalue weighted by molar-refractivity contribution is 7.99. The number of hydrogen-bond acceptors (Lipinski definition) is 4. The summed E-state index contributed by atoms with van der Waals surface area (Å²) in [5.74, 6) is 0.480. The lowest BCUT2D eigenvalue weighted by Gasteiger charge is -2.07. The number of aliphatic hydroxyl groups is 2. The molecule has 2 aromatic rings. The summed E-state index contributed by atoms with van der Waals surface area (Å²) in [5, 5.41) is 19.0. The van der Waals surface area contributed by atoms with E-state index in [9.17, 15) is 5.11 Å². The van der Waals surface area contributed by atoms with Gasteiger partial charge in [-0.2, -0.15) is 0 Å². The first-order valence-electron chi connectivity index (χ1n) is 4.65. The van der Waals surface area contributed by atoms with Crippen LogP contribution in [-0.4, -0.2) is 38.1 Å². The van der Waals surface area contributed by atoms with Crippen molar-refractivity contribution in [2.24, 2.45) is 0 Å². The summed E-state index contributed by atoms with van der Waals surface area (Å²) < 4.78 is 1.95. The summed E-state index contributed by atoms with van der Waals surface area (Å²) in [5.41, 5.74) is 0.887. The smallest absolute Gasteiger partial charge is 0.137 e. The van der Waals surface area contributed by atoms with Crippen LogP contribution in [0.15, 0.2) is 35.6 Å². The third kappa shape index (κ3) is 2.31. The molecule has 1 unspecified atom stereocenters. The molecule has 1 atom stereocenters. The van der Waals surface area contributed by atoms with E-state index in [1.165, 1.54) is 11.8 Å². The van der Waals surface area contributed by atoms with Crippen molar-refractivity contribution in [3.63, 3.8) is 0 Å². The third-order valence-electron chi connectivity index (χ3n) is 2.03. The Balaban J connectivity index is 2.17. The molecule has 0 aliphatic rings. The standard InChI is InChI=1S/C10H12N2O2S/c13-6-8(14)7-15-10-3-1-2-9-11-4-5-12(9)10/h1-5,8,13-14H,6-7H2. The first-order chi connectivity index (χ1) is 7.31. The first kappa shape index (κ1) is 10.5. The number of nitrogens with zero attached hydrogens (tertiary/aromatic N) is 2. The van der Waals surface area contributed by atoms with Crippen LogP contribution >= 0.6 is 11.8 Å². The average Bonchev–Trinajstić information content (AvgIpc) is 2.74. The fraction of sp³-hybridized carbons (Fsp3) is 0.300. The summed E-state index contributed by atoms with van der Waals surface area (Å²) in [6.45, 7) is -0.201. The molecule has 2 heterocycles. The average molecular weight is 224 g/mol. The fourth-order valence-electron chi connectivity index (χ4n) is 1.27. The van der Waals surface area contributed by atoms with E-state index in [0.29, 0.717) is 5.75 Å². The molecule has 0 aliphatic carbocycles. The molecule has 0 aliphatic heterocycles. The van der Waals surface area contributed by atoms with Gasteiger partial charge in [-0.1, -0.05) is 6.07 Å².